The van der Waals surface area contributed by atoms with Crippen LogP contribution in [0, 0.1) is 0 Å². The molecule has 0 amide bonds. The van der Waals surface area contributed by atoms with Gasteiger partial charge in [0.05, 0.1) is 0 Å². The number of hydrogen-bond acceptors (Lipinski definition) is 3. The zero-order valence-electron chi connectivity index (χ0n) is 11.2. The zero-order valence-corrected chi connectivity index (χ0v) is 13.6. The lowest BCUT2D eigenvalue weighted by atomic mass is 9.76. The highest BCUT2D eigenvalue weighted by Crippen LogP contribution is 2.30. The summed E-state index contributed by atoms with van der Waals surface area (Å²) in [6.07, 6.45) is 0.925. The minimum Gasteiger partial charge on any atom is -0.271 e. The molecule has 0 aliphatic rings. The molecule has 0 fully saturated rings. The van der Waals surface area contributed by atoms with Gasteiger partial charge in [-0.25, -0.2) is 0 Å². The van der Waals surface area contributed by atoms with E-state index in [9.17, 15) is 0 Å². The fourth-order valence-corrected chi connectivity index (χ4v) is 3.75. The van der Waals surface area contributed by atoms with Gasteiger partial charge in [-0.15, -0.1) is 11.3 Å². The Bertz CT molecular complexity index is 522. The van der Waals surface area contributed by atoms with Gasteiger partial charge in [-0.05, 0) is 34.0 Å². The SMILES string of the molecule is CC(C)(c1ccccc1)C(Cc1cc(Br)cs1)NN. The van der Waals surface area contributed by atoms with Crippen LogP contribution in [0.1, 0.15) is 24.3 Å². The second-order valence-corrected chi connectivity index (χ2v) is 7.15. The van der Waals surface area contributed by atoms with E-state index in [1.54, 1.807) is 11.3 Å². The van der Waals surface area contributed by atoms with Gasteiger partial charge in [0.25, 0.3) is 0 Å². The van der Waals surface area contributed by atoms with Gasteiger partial charge in [0.15, 0.2) is 0 Å². The molecule has 2 rings (SSSR count). The van der Waals surface area contributed by atoms with Gasteiger partial charge in [0.1, 0.15) is 0 Å². The summed E-state index contributed by atoms with van der Waals surface area (Å²) in [5.41, 5.74) is 4.27. The Morgan fingerprint density at radius 3 is 2.53 bits per heavy atom. The zero-order chi connectivity index (χ0) is 13.9. The molecule has 2 nitrogen and oxygen atoms in total. The maximum absolute atomic E-state index is 5.79. The molecule has 0 saturated heterocycles. The summed E-state index contributed by atoms with van der Waals surface area (Å²) >= 11 is 5.26. The highest BCUT2D eigenvalue weighted by Gasteiger charge is 2.30. The van der Waals surface area contributed by atoms with E-state index < -0.39 is 0 Å². The molecule has 19 heavy (non-hydrogen) atoms. The Morgan fingerprint density at radius 1 is 1.32 bits per heavy atom. The standard InChI is InChI=1S/C15H19BrN2S/c1-15(2,11-6-4-3-5-7-11)14(18-17)9-13-8-12(16)10-19-13/h3-8,10,14,18H,9,17H2,1-2H3. The first-order valence-corrected chi connectivity index (χ1v) is 7.96. The largest absolute Gasteiger partial charge is 0.271 e. The first-order valence-electron chi connectivity index (χ1n) is 6.28. The lowest BCUT2D eigenvalue weighted by molar-refractivity contribution is 0.343. The maximum Gasteiger partial charge on any atom is 0.0350 e. The van der Waals surface area contributed by atoms with E-state index in [0.717, 1.165) is 10.9 Å². The van der Waals surface area contributed by atoms with Gasteiger partial charge in [-0.2, -0.15) is 0 Å². The predicted molar refractivity (Wildman–Crippen MR) is 86.3 cm³/mol. The van der Waals surface area contributed by atoms with Crippen molar-refractivity contribution in [2.24, 2.45) is 5.84 Å². The molecule has 2 aromatic rings. The number of rotatable bonds is 5. The Morgan fingerprint density at radius 2 is 2.00 bits per heavy atom. The topological polar surface area (TPSA) is 38.0 Å². The van der Waals surface area contributed by atoms with Gasteiger partial charge in [0, 0.05) is 26.2 Å². The smallest absolute Gasteiger partial charge is 0.0350 e. The molecular weight excluding hydrogens is 320 g/mol. The number of hydrogen-bond donors (Lipinski definition) is 2. The Labute approximate surface area is 127 Å². The van der Waals surface area contributed by atoms with Gasteiger partial charge in [0.2, 0.25) is 0 Å². The van der Waals surface area contributed by atoms with Crippen LogP contribution in [0.2, 0.25) is 0 Å². The number of thiophene rings is 1. The van der Waals surface area contributed by atoms with Crippen LogP contribution in [-0.2, 0) is 11.8 Å². The van der Waals surface area contributed by atoms with Crippen molar-refractivity contribution >= 4 is 27.3 Å². The van der Waals surface area contributed by atoms with Crippen molar-refractivity contribution in [2.75, 3.05) is 0 Å². The van der Waals surface area contributed by atoms with Gasteiger partial charge in [-0.3, -0.25) is 11.3 Å². The molecule has 0 spiro atoms. The molecule has 1 atom stereocenters. The number of benzene rings is 1. The van der Waals surface area contributed by atoms with Crippen molar-refractivity contribution in [3.05, 3.63) is 56.7 Å². The molecule has 4 heteroatoms. The first-order chi connectivity index (χ1) is 9.04. The van der Waals surface area contributed by atoms with Crippen LogP contribution >= 0.6 is 27.3 Å². The quantitative estimate of drug-likeness (QED) is 0.641. The molecule has 0 radical (unpaired) electrons. The Balaban J connectivity index is 2.21. The van der Waals surface area contributed by atoms with Gasteiger partial charge >= 0.3 is 0 Å². The summed E-state index contributed by atoms with van der Waals surface area (Å²) < 4.78 is 1.14. The van der Waals surface area contributed by atoms with Crippen molar-refractivity contribution in [1.29, 1.82) is 0 Å². The summed E-state index contributed by atoms with van der Waals surface area (Å²) in [5.74, 6) is 5.79. The van der Waals surface area contributed by atoms with E-state index in [0.29, 0.717) is 0 Å². The Kier molecular flexibility index (Phi) is 4.79. The molecular formula is C15H19BrN2S. The van der Waals surface area contributed by atoms with Crippen molar-refractivity contribution < 1.29 is 0 Å². The summed E-state index contributed by atoms with van der Waals surface area (Å²) in [7, 11) is 0. The van der Waals surface area contributed by atoms with Crippen LogP contribution in [-0.4, -0.2) is 6.04 Å². The van der Waals surface area contributed by atoms with E-state index in [4.69, 9.17) is 5.84 Å². The fraction of sp³-hybridized carbons (Fsp3) is 0.333. The summed E-state index contributed by atoms with van der Waals surface area (Å²) in [6.45, 7) is 4.46. The van der Waals surface area contributed by atoms with Crippen LogP contribution in [0.3, 0.4) is 0 Å². The minimum atomic E-state index is -0.0214. The van der Waals surface area contributed by atoms with Crippen LogP contribution in [0.5, 0.6) is 0 Å². The molecule has 0 saturated carbocycles. The fourth-order valence-electron chi connectivity index (χ4n) is 2.25. The summed E-state index contributed by atoms with van der Waals surface area (Å²) in [6, 6.07) is 12.9. The molecule has 1 unspecified atom stereocenters. The molecule has 1 heterocycles. The van der Waals surface area contributed by atoms with Crippen molar-refractivity contribution in [2.45, 2.75) is 31.7 Å². The van der Waals surface area contributed by atoms with Crippen LogP contribution in [0.4, 0.5) is 0 Å². The predicted octanol–water partition coefficient (Wildman–Crippen LogP) is 3.86. The molecule has 3 N–H and O–H groups in total. The van der Waals surface area contributed by atoms with E-state index in [1.165, 1.54) is 10.4 Å². The van der Waals surface area contributed by atoms with Crippen molar-refractivity contribution in [1.82, 2.24) is 5.43 Å². The highest BCUT2D eigenvalue weighted by molar-refractivity contribution is 9.10. The van der Waals surface area contributed by atoms with E-state index >= 15 is 0 Å². The lowest BCUT2D eigenvalue weighted by Gasteiger charge is -2.34. The maximum atomic E-state index is 5.79. The van der Waals surface area contributed by atoms with Crippen molar-refractivity contribution in [3.8, 4) is 0 Å². The monoisotopic (exact) mass is 338 g/mol. The van der Waals surface area contributed by atoms with E-state index in [1.807, 2.05) is 6.07 Å². The number of hydrazine groups is 1. The molecule has 0 bridgehead atoms. The van der Waals surface area contributed by atoms with Gasteiger partial charge < -0.3 is 0 Å². The molecule has 0 aliphatic carbocycles. The lowest BCUT2D eigenvalue weighted by Crippen LogP contribution is -2.49. The minimum absolute atomic E-state index is 0.0214. The number of halogens is 1. The molecule has 0 aliphatic heterocycles. The Hall–Kier alpha value is -0.680. The third-order valence-electron chi connectivity index (χ3n) is 3.62. The molecule has 1 aromatic heterocycles. The first kappa shape index (κ1) is 14.7. The van der Waals surface area contributed by atoms with Crippen LogP contribution in [0.15, 0.2) is 46.3 Å². The van der Waals surface area contributed by atoms with Crippen molar-refractivity contribution in [3.63, 3.8) is 0 Å². The average molecular weight is 339 g/mol. The molecule has 1 aromatic carbocycles. The number of nitrogens with one attached hydrogen (secondary N) is 1. The average Bonchev–Trinajstić information content (AvgIpc) is 2.82. The third kappa shape index (κ3) is 3.45. The van der Waals surface area contributed by atoms with E-state index in [-0.39, 0.29) is 11.5 Å². The molecule has 102 valence electrons. The highest BCUT2D eigenvalue weighted by atomic mass is 79.9. The summed E-state index contributed by atoms with van der Waals surface area (Å²) in [4.78, 5) is 1.33. The van der Waals surface area contributed by atoms with Crippen LogP contribution in [0.25, 0.3) is 0 Å². The van der Waals surface area contributed by atoms with Gasteiger partial charge in [-0.1, -0.05) is 44.2 Å². The van der Waals surface area contributed by atoms with E-state index in [2.05, 4.69) is 70.9 Å². The second kappa shape index (κ2) is 6.18. The number of nitrogens with two attached hydrogens (primary N) is 1. The third-order valence-corrected chi connectivity index (χ3v) is 5.34. The normalized spacial score (nSPS) is 13.5. The summed E-state index contributed by atoms with van der Waals surface area (Å²) in [5, 5.41) is 2.11. The second-order valence-electron chi connectivity index (χ2n) is 5.24. The van der Waals surface area contributed by atoms with Crippen LogP contribution < -0.4 is 11.3 Å².